The van der Waals surface area contributed by atoms with Crippen LogP contribution in [0.5, 0.6) is 0 Å². The van der Waals surface area contributed by atoms with E-state index in [4.69, 9.17) is 11.6 Å². The molecule has 0 fully saturated rings. The number of hydrogen-bond donors (Lipinski definition) is 0. The molecular weight excluding hydrogens is 295 g/mol. The van der Waals surface area contributed by atoms with Gasteiger partial charge in [-0.3, -0.25) is 0 Å². The van der Waals surface area contributed by atoms with Crippen LogP contribution < -0.4 is 10.9 Å². The van der Waals surface area contributed by atoms with E-state index in [-0.39, 0.29) is 0 Å². The third kappa shape index (κ3) is 4.31. The minimum atomic E-state index is 0.351. The molecule has 0 aliphatic carbocycles. The molecule has 0 N–H and O–H groups in total. The summed E-state index contributed by atoms with van der Waals surface area (Å²) in [5.41, 5.74) is 2.57. The lowest BCUT2D eigenvalue weighted by atomic mass is 9.34. The van der Waals surface area contributed by atoms with E-state index in [1.807, 2.05) is 23.9 Å². The van der Waals surface area contributed by atoms with E-state index < -0.39 is 0 Å². The van der Waals surface area contributed by atoms with Crippen molar-refractivity contribution in [2.45, 2.75) is 37.9 Å². The molecule has 0 atom stereocenters. The summed E-state index contributed by atoms with van der Waals surface area (Å²) in [5.74, 6) is 1.69. The highest BCUT2D eigenvalue weighted by molar-refractivity contribution is 7.99. The fourth-order valence-corrected chi connectivity index (χ4v) is 3.66. The molecule has 0 spiro atoms. The molecular formula is C18H22BClS. The molecule has 110 valence electrons. The first-order chi connectivity index (χ1) is 10.1. The van der Waals surface area contributed by atoms with E-state index in [1.165, 1.54) is 28.0 Å². The van der Waals surface area contributed by atoms with Crippen LogP contribution in [0.1, 0.15) is 27.2 Å². The maximum atomic E-state index is 6.41. The van der Waals surface area contributed by atoms with Crippen molar-refractivity contribution in [1.82, 2.24) is 0 Å². The fourth-order valence-electron chi connectivity index (χ4n) is 2.64. The van der Waals surface area contributed by atoms with Gasteiger partial charge < -0.3 is 0 Å². The van der Waals surface area contributed by atoms with E-state index in [0.29, 0.717) is 12.5 Å². The van der Waals surface area contributed by atoms with Crippen molar-refractivity contribution in [3.8, 4) is 0 Å². The van der Waals surface area contributed by atoms with Gasteiger partial charge in [0, 0.05) is 9.92 Å². The molecule has 0 aliphatic rings. The van der Waals surface area contributed by atoms with Gasteiger partial charge in [-0.25, -0.2) is 0 Å². The zero-order chi connectivity index (χ0) is 15.2. The third-order valence-corrected chi connectivity index (χ3v) is 5.18. The van der Waals surface area contributed by atoms with Gasteiger partial charge in [0.05, 0.1) is 0 Å². The Morgan fingerprint density at radius 2 is 1.71 bits per heavy atom. The minimum Gasteiger partial charge on any atom is -0.126 e. The third-order valence-electron chi connectivity index (χ3n) is 3.62. The fraction of sp³-hybridized carbons (Fsp3) is 0.333. The summed E-state index contributed by atoms with van der Waals surface area (Å²) in [6.45, 7) is 7.08. The van der Waals surface area contributed by atoms with Crippen LogP contribution in [-0.2, 0) is 0 Å². The van der Waals surface area contributed by atoms with Gasteiger partial charge in [-0.15, -0.1) is 11.8 Å². The number of benzene rings is 2. The second kappa shape index (κ2) is 7.96. The zero-order valence-corrected chi connectivity index (χ0v) is 14.5. The van der Waals surface area contributed by atoms with Crippen LogP contribution >= 0.6 is 23.4 Å². The van der Waals surface area contributed by atoms with E-state index in [0.717, 1.165) is 5.02 Å². The van der Waals surface area contributed by atoms with E-state index in [1.54, 1.807) is 0 Å². The second-order valence-corrected chi connectivity index (χ2v) is 7.24. The smallest absolute Gasteiger partial charge is 0.126 e. The average molecular weight is 317 g/mol. The molecule has 2 aromatic rings. The minimum absolute atomic E-state index is 0.351. The van der Waals surface area contributed by atoms with Crippen molar-refractivity contribution in [3.63, 3.8) is 0 Å². The second-order valence-electron chi connectivity index (χ2n) is 5.66. The largest absolute Gasteiger partial charge is 0.213 e. The molecule has 0 saturated heterocycles. The van der Waals surface area contributed by atoms with Crippen LogP contribution in [0.15, 0.2) is 53.4 Å². The lowest BCUT2D eigenvalue weighted by Crippen LogP contribution is -2.45. The molecule has 21 heavy (non-hydrogen) atoms. The molecule has 0 aliphatic heterocycles. The quantitative estimate of drug-likeness (QED) is 0.541. The highest BCUT2D eigenvalue weighted by Gasteiger charge is 2.24. The van der Waals surface area contributed by atoms with Crippen LogP contribution in [0.4, 0.5) is 0 Å². The van der Waals surface area contributed by atoms with Gasteiger partial charge in [0.1, 0.15) is 0 Å². The van der Waals surface area contributed by atoms with Gasteiger partial charge in [-0.1, -0.05) is 79.4 Å². The maximum absolute atomic E-state index is 6.41. The van der Waals surface area contributed by atoms with E-state index in [9.17, 15) is 0 Å². The molecule has 0 bridgehead atoms. The topological polar surface area (TPSA) is 0 Å². The summed E-state index contributed by atoms with van der Waals surface area (Å²) in [4.78, 5) is 1.35. The molecule has 3 heteroatoms. The normalized spacial score (nSPS) is 10.9. The molecule has 0 nitrogen and oxygen atoms in total. The summed E-state index contributed by atoms with van der Waals surface area (Å²) in [6.07, 6.45) is 1.21. The summed E-state index contributed by atoms with van der Waals surface area (Å²) in [7, 11) is 0. The van der Waals surface area contributed by atoms with Crippen LogP contribution in [0.3, 0.4) is 0 Å². The summed E-state index contributed by atoms with van der Waals surface area (Å²) < 4.78 is 0. The van der Waals surface area contributed by atoms with Crippen molar-refractivity contribution in [2.24, 2.45) is 0 Å². The van der Waals surface area contributed by atoms with Gasteiger partial charge >= 0.3 is 0 Å². The Hall–Kier alpha value is -0.855. The summed E-state index contributed by atoms with van der Waals surface area (Å²) in [6, 6.07) is 17.2. The molecule has 0 amide bonds. The molecule has 0 aromatic heterocycles. The number of thioether (sulfide) groups is 1. The molecule has 0 unspecified atom stereocenters. The number of halogens is 1. The Bertz CT molecular complexity index is 566. The maximum Gasteiger partial charge on any atom is 0.213 e. The van der Waals surface area contributed by atoms with Crippen LogP contribution in [-0.4, -0.2) is 12.5 Å². The van der Waals surface area contributed by atoms with Crippen molar-refractivity contribution in [1.29, 1.82) is 0 Å². The van der Waals surface area contributed by atoms with Gasteiger partial charge in [-0.2, -0.15) is 0 Å². The molecule has 0 saturated carbocycles. The van der Waals surface area contributed by atoms with E-state index in [2.05, 4.69) is 57.2 Å². The lowest BCUT2D eigenvalue weighted by molar-refractivity contribution is 1.05. The Kier molecular flexibility index (Phi) is 6.26. The first kappa shape index (κ1) is 16.5. The van der Waals surface area contributed by atoms with Crippen LogP contribution in [0.2, 0.25) is 10.8 Å². The lowest BCUT2D eigenvalue weighted by Gasteiger charge is -2.20. The predicted molar refractivity (Wildman–Crippen MR) is 99.0 cm³/mol. The number of rotatable bonds is 6. The van der Waals surface area contributed by atoms with Crippen molar-refractivity contribution in [3.05, 3.63) is 53.6 Å². The number of hydrogen-bond acceptors (Lipinski definition) is 1. The van der Waals surface area contributed by atoms with E-state index >= 15 is 0 Å². The van der Waals surface area contributed by atoms with Gasteiger partial charge in [0.15, 0.2) is 0 Å². The highest BCUT2D eigenvalue weighted by atomic mass is 35.5. The first-order valence-electron chi connectivity index (χ1n) is 7.60. The van der Waals surface area contributed by atoms with Crippen molar-refractivity contribution >= 4 is 41.0 Å². The summed E-state index contributed by atoms with van der Waals surface area (Å²) >= 11 is 8.33. The molecule has 0 radical (unpaired) electrons. The van der Waals surface area contributed by atoms with Crippen LogP contribution in [0, 0.1) is 0 Å². The predicted octanol–water partition coefficient (Wildman–Crippen LogP) is 4.86. The van der Waals surface area contributed by atoms with Gasteiger partial charge in [0.2, 0.25) is 6.71 Å². The van der Waals surface area contributed by atoms with Gasteiger partial charge in [-0.05, 0) is 30.4 Å². The standard InChI is InChI=1S/C18H22BClS/c1-4-13-21-16-11-9-15(10-12-16)19(14(2)3)17-7-5-6-8-18(17)20/h5-12,14H,4,13H2,1-3H3. The summed E-state index contributed by atoms with van der Waals surface area (Å²) in [5, 5.41) is 0.862. The van der Waals surface area contributed by atoms with Crippen molar-refractivity contribution in [2.75, 3.05) is 5.75 Å². The Labute approximate surface area is 138 Å². The van der Waals surface area contributed by atoms with Crippen LogP contribution in [0.25, 0.3) is 0 Å². The average Bonchev–Trinajstić information content (AvgIpc) is 2.48. The molecule has 0 heterocycles. The first-order valence-corrected chi connectivity index (χ1v) is 8.97. The Morgan fingerprint density at radius 3 is 2.29 bits per heavy atom. The molecule has 2 rings (SSSR count). The highest BCUT2D eigenvalue weighted by Crippen LogP contribution is 2.19. The molecule has 2 aromatic carbocycles. The zero-order valence-electron chi connectivity index (χ0n) is 13.0. The van der Waals surface area contributed by atoms with Gasteiger partial charge in [0.25, 0.3) is 0 Å². The Morgan fingerprint density at radius 1 is 1.05 bits per heavy atom. The van der Waals surface area contributed by atoms with Crippen molar-refractivity contribution < 1.29 is 0 Å². The monoisotopic (exact) mass is 316 g/mol. The Balaban J connectivity index is 2.29. The SMILES string of the molecule is CCCSc1ccc(B(c2ccccc2Cl)C(C)C)cc1.